The van der Waals surface area contributed by atoms with Crippen molar-refractivity contribution in [3.63, 3.8) is 0 Å². The minimum Gasteiger partial charge on any atom is -0.373 e. The molecule has 5 heteroatoms. The van der Waals surface area contributed by atoms with Gasteiger partial charge in [0.15, 0.2) is 0 Å². The molecule has 3 nitrogen and oxygen atoms in total. The lowest BCUT2D eigenvalue weighted by atomic mass is 10.0. The van der Waals surface area contributed by atoms with Crippen LogP contribution in [-0.4, -0.2) is 21.8 Å². The van der Waals surface area contributed by atoms with Gasteiger partial charge in [-0.2, -0.15) is 0 Å². The Hall–Kier alpha value is -0.580. The van der Waals surface area contributed by atoms with E-state index in [9.17, 15) is 0 Å². The molecule has 3 rings (SSSR count). The van der Waals surface area contributed by atoms with Gasteiger partial charge in [-0.3, -0.25) is 0 Å². The Morgan fingerprint density at radius 1 is 1.55 bits per heavy atom. The van der Waals surface area contributed by atoms with E-state index in [4.69, 9.17) is 21.3 Å². The second-order valence-electron chi connectivity index (χ2n) is 5.71. The standard InChI is InChI=1S/C15H18BrClN2O/c1-10(17)14-18-12-8-11(16)4-5-13(12)19(14)9-15(2)6-3-7-20-15/h4-5,8,10H,3,6-7,9H2,1-2H3. The summed E-state index contributed by atoms with van der Waals surface area (Å²) in [7, 11) is 0. The van der Waals surface area contributed by atoms with Gasteiger partial charge in [0.1, 0.15) is 5.82 Å². The van der Waals surface area contributed by atoms with Crippen LogP contribution >= 0.6 is 27.5 Å². The van der Waals surface area contributed by atoms with Crippen LogP contribution in [0.4, 0.5) is 0 Å². The van der Waals surface area contributed by atoms with Gasteiger partial charge in [-0.05, 0) is 44.9 Å². The molecule has 20 heavy (non-hydrogen) atoms. The van der Waals surface area contributed by atoms with Crippen molar-refractivity contribution >= 4 is 38.6 Å². The number of imidazole rings is 1. The van der Waals surface area contributed by atoms with Gasteiger partial charge >= 0.3 is 0 Å². The van der Waals surface area contributed by atoms with E-state index < -0.39 is 0 Å². The Morgan fingerprint density at radius 3 is 3.00 bits per heavy atom. The Labute approximate surface area is 132 Å². The van der Waals surface area contributed by atoms with Gasteiger partial charge in [-0.25, -0.2) is 4.98 Å². The van der Waals surface area contributed by atoms with Gasteiger partial charge in [-0.1, -0.05) is 15.9 Å². The maximum Gasteiger partial charge on any atom is 0.127 e. The van der Waals surface area contributed by atoms with Gasteiger partial charge in [0.25, 0.3) is 0 Å². The first kappa shape index (κ1) is 14.4. The largest absolute Gasteiger partial charge is 0.373 e. The zero-order valence-electron chi connectivity index (χ0n) is 11.7. The molecule has 2 aromatic rings. The summed E-state index contributed by atoms with van der Waals surface area (Å²) in [6.07, 6.45) is 2.21. The average molecular weight is 358 g/mol. The smallest absolute Gasteiger partial charge is 0.127 e. The van der Waals surface area contributed by atoms with E-state index >= 15 is 0 Å². The molecule has 2 heterocycles. The van der Waals surface area contributed by atoms with E-state index in [1.165, 1.54) is 0 Å². The molecular formula is C15H18BrClN2O. The number of aromatic nitrogens is 2. The van der Waals surface area contributed by atoms with Crippen molar-refractivity contribution in [3.8, 4) is 0 Å². The van der Waals surface area contributed by atoms with Gasteiger partial charge in [0, 0.05) is 11.1 Å². The van der Waals surface area contributed by atoms with Gasteiger partial charge in [0.2, 0.25) is 0 Å². The maximum absolute atomic E-state index is 6.31. The van der Waals surface area contributed by atoms with E-state index in [0.717, 1.165) is 47.3 Å². The summed E-state index contributed by atoms with van der Waals surface area (Å²) in [5, 5.41) is -0.119. The van der Waals surface area contributed by atoms with Crippen molar-refractivity contribution in [2.75, 3.05) is 6.61 Å². The first-order chi connectivity index (χ1) is 9.48. The van der Waals surface area contributed by atoms with Crippen LogP contribution in [0.5, 0.6) is 0 Å². The number of benzene rings is 1. The fourth-order valence-corrected chi connectivity index (χ4v) is 3.40. The molecule has 1 aromatic heterocycles. The highest BCUT2D eigenvalue weighted by molar-refractivity contribution is 9.10. The summed E-state index contributed by atoms with van der Waals surface area (Å²) >= 11 is 9.81. The molecule has 0 aliphatic carbocycles. The zero-order chi connectivity index (χ0) is 14.3. The number of hydrogen-bond acceptors (Lipinski definition) is 2. The van der Waals surface area contributed by atoms with Crippen LogP contribution in [0.25, 0.3) is 11.0 Å². The molecule has 1 aliphatic heterocycles. The Bertz CT molecular complexity index is 632. The normalized spacial score (nSPS) is 24.4. The highest BCUT2D eigenvalue weighted by atomic mass is 79.9. The number of hydrogen-bond donors (Lipinski definition) is 0. The monoisotopic (exact) mass is 356 g/mol. The first-order valence-corrected chi connectivity index (χ1v) is 8.15. The maximum atomic E-state index is 6.31. The van der Waals surface area contributed by atoms with Crippen molar-refractivity contribution in [1.82, 2.24) is 9.55 Å². The second-order valence-corrected chi connectivity index (χ2v) is 7.28. The molecule has 0 radical (unpaired) electrons. The third kappa shape index (κ3) is 2.61. The molecule has 0 N–H and O–H groups in total. The van der Waals surface area contributed by atoms with Crippen LogP contribution in [0.1, 0.15) is 37.9 Å². The Balaban J connectivity index is 2.09. The summed E-state index contributed by atoms with van der Waals surface area (Å²) < 4.78 is 9.17. The summed E-state index contributed by atoms with van der Waals surface area (Å²) in [6.45, 7) is 5.79. The molecule has 1 aliphatic rings. The number of fused-ring (bicyclic) bond motifs is 1. The lowest BCUT2D eigenvalue weighted by Gasteiger charge is -2.25. The van der Waals surface area contributed by atoms with Crippen molar-refractivity contribution in [2.45, 2.75) is 44.2 Å². The van der Waals surface area contributed by atoms with Gasteiger partial charge < -0.3 is 9.30 Å². The number of halogens is 2. The highest BCUT2D eigenvalue weighted by Crippen LogP contribution is 2.32. The molecule has 1 saturated heterocycles. The van der Waals surface area contributed by atoms with Crippen LogP contribution in [0.2, 0.25) is 0 Å². The molecule has 0 spiro atoms. The van der Waals surface area contributed by atoms with E-state index in [0.29, 0.717) is 0 Å². The van der Waals surface area contributed by atoms with Crippen molar-refractivity contribution in [3.05, 3.63) is 28.5 Å². The molecule has 2 unspecified atom stereocenters. The Kier molecular flexibility index (Phi) is 3.82. The topological polar surface area (TPSA) is 27.1 Å². The summed E-state index contributed by atoms with van der Waals surface area (Å²) in [4.78, 5) is 4.69. The minimum atomic E-state index is -0.119. The number of ether oxygens (including phenoxy) is 1. The Morgan fingerprint density at radius 2 is 2.35 bits per heavy atom. The average Bonchev–Trinajstić information content (AvgIpc) is 2.94. The summed E-state index contributed by atoms with van der Waals surface area (Å²) in [5.41, 5.74) is 1.98. The predicted octanol–water partition coefficient (Wildman–Crippen LogP) is 4.67. The van der Waals surface area contributed by atoms with E-state index in [1.54, 1.807) is 0 Å². The van der Waals surface area contributed by atoms with Crippen LogP contribution in [0, 0.1) is 0 Å². The number of alkyl halides is 1. The minimum absolute atomic E-state index is 0.110. The predicted molar refractivity (Wildman–Crippen MR) is 85.3 cm³/mol. The number of nitrogens with zero attached hydrogens (tertiary/aromatic N) is 2. The molecule has 1 aromatic carbocycles. The SMILES string of the molecule is CC(Cl)c1nc2cc(Br)ccc2n1CC1(C)CCCO1. The van der Waals surface area contributed by atoms with Gasteiger partial charge in [0.05, 0.1) is 28.6 Å². The highest BCUT2D eigenvalue weighted by Gasteiger charge is 2.32. The summed E-state index contributed by atoms with van der Waals surface area (Å²) in [5.74, 6) is 0.913. The van der Waals surface area contributed by atoms with Crippen LogP contribution in [0.3, 0.4) is 0 Å². The molecule has 1 fully saturated rings. The van der Waals surface area contributed by atoms with Crippen molar-refractivity contribution in [1.29, 1.82) is 0 Å². The quantitative estimate of drug-likeness (QED) is 0.747. The second kappa shape index (κ2) is 5.32. The summed E-state index contributed by atoms with van der Waals surface area (Å²) in [6, 6.07) is 6.17. The van der Waals surface area contributed by atoms with Crippen molar-refractivity contribution in [2.24, 2.45) is 0 Å². The molecule has 2 atom stereocenters. The van der Waals surface area contributed by atoms with E-state index in [2.05, 4.69) is 33.5 Å². The third-order valence-corrected chi connectivity index (χ3v) is 4.58. The molecule has 0 amide bonds. The van der Waals surface area contributed by atoms with Gasteiger partial charge in [-0.15, -0.1) is 11.6 Å². The lowest BCUT2D eigenvalue weighted by Crippen LogP contribution is -2.30. The first-order valence-electron chi connectivity index (χ1n) is 6.92. The number of rotatable bonds is 3. The lowest BCUT2D eigenvalue weighted by molar-refractivity contribution is 0.00649. The molecule has 108 valence electrons. The fourth-order valence-electron chi connectivity index (χ4n) is 2.89. The van der Waals surface area contributed by atoms with E-state index in [-0.39, 0.29) is 11.0 Å². The molecule has 0 saturated carbocycles. The van der Waals surface area contributed by atoms with E-state index in [1.807, 2.05) is 19.1 Å². The zero-order valence-corrected chi connectivity index (χ0v) is 14.0. The third-order valence-electron chi connectivity index (χ3n) is 3.89. The van der Waals surface area contributed by atoms with Crippen LogP contribution in [0.15, 0.2) is 22.7 Å². The van der Waals surface area contributed by atoms with Crippen LogP contribution < -0.4 is 0 Å². The fraction of sp³-hybridized carbons (Fsp3) is 0.533. The van der Waals surface area contributed by atoms with Crippen LogP contribution in [-0.2, 0) is 11.3 Å². The van der Waals surface area contributed by atoms with Crippen molar-refractivity contribution < 1.29 is 4.74 Å². The molecule has 0 bridgehead atoms. The molecular weight excluding hydrogens is 340 g/mol.